The van der Waals surface area contributed by atoms with E-state index in [1.54, 1.807) is 18.4 Å². The molecule has 1 rings (SSSR count). The van der Waals surface area contributed by atoms with E-state index in [2.05, 4.69) is 19.2 Å². The molecule has 0 aliphatic heterocycles. The highest BCUT2D eigenvalue weighted by Gasteiger charge is 2.24. The van der Waals surface area contributed by atoms with Crippen LogP contribution in [-0.4, -0.2) is 32.9 Å². The van der Waals surface area contributed by atoms with Gasteiger partial charge in [0.15, 0.2) is 0 Å². The first-order valence-corrected chi connectivity index (χ1v) is 9.31. The third kappa shape index (κ3) is 4.55. The van der Waals surface area contributed by atoms with E-state index in [0.29, 0.717) is 17.4 Å². The smallest absolute Gasteiger partial charge is 0.243 e. The van der Waals surface area contributed by atoms with E-state index in [1.807, 2.05) is 19.9 Å². The van der Waals surface area contributed by atoms with Gasteiger partial charge in [0, 0.05) is 29.9 Å². The molecule has 0 aliphatic carbocycles. The average molecular weight is 319 g/mol. The SMILES string of the molecule is CCNCc1cc(S(=O)(=O)N(C)CCC(C)C)c(C)s1. The Morgan fingerprint density at radius 3 is 2.60 bits per heavy atom. The highest BCUT2D eigenvalue weighted by molar-refractivity contribution is 7.89. The van der Waals surface area contributed by atoms with Crippen LogP contribution in [0.4, 0.5) is 0 Å². The van der Waals surface area contributed by atoms with E-state index >= 15 is 0 Å². The summed E-state index contributed by atoms with van der Waals surface area (Å²) < 4.78 is 26.6. The van der Waals surface area contributed by atoms with Crippen LogP contribution in [-0.2, 0) is 16.6 Å². The molecule has 0 radical (unpaired) electrons. The minimum absolute atomic E-state index is 0.460. The molecule has 6 heteroatoms. The van der Waals surface area contributed by atoms with Crippen molar-refractivity contribution in [1.82, 2.24) is 9.62 Å². The van der Waals surface area contributed by atoms with Crippen molar-refractivity contribution >= 4 is 21.4 Å². The summed E-state index contributed by atoms with van der Waals surface area (Å²) in [6.07, 6.45) is 0.878. The molecule has 0 bridgehead atoms. The maximum atomic E-state index is 12.6. The quantitative estimate of drug-likeness (QED) is 0.802. The monoisotopic (exact) mass is 318 g/mol. The molecule has 1 N–H and O–H groups in total. The number of hydrogen-bond acceptors (Lipinski definition) is 4. The van der Waals surface area contributed by atoms with Gasteiger partial charge >= 0.3 is 0 Å². The molecule has 0 aliphatic rings. The topological polar surface area (TPSA) is 49.4 Å². The Kier molecular flexibility index (Phi) is 6.64. The lowest BCUT2D eigenvalue weighted by Crippen LogP contribution is -2.28. The summed E-state index contributed by atoms with van der Waals surface area (Å²) in [6.45, 7) is 10.3. The van der Waals surface area contributed by atoms with Crippen molar-refractivity contribution in [2.45, 2.75) is 45.6 Å². The number of sulfonamides is 1. The van der Waals surface area contributed by atoms with Crippen molar-refractivity contribution in [1.29, 1.82) is 0 Å². The van der Waals surface area contributed by atoms with Crippen LogP contribution in [0.5, 0.6) is 0 Å². The second-order valence-electron chi connectivity index (χ2n) is 5.42. The van der Waals surface area contributed by atoms with Gasteiger partial charge in [-0.25, -0.2) is 12.7 Å². The van der Waals surface area contributed by atoms with Crippen LogP contribution in [0.1, 0.15) is 36.9 Å². The van der Waals surface area contributed by atoms with Gasteiger partial charge in [0.25, 0.3) is 0 Å². The van der Waals surface area contributed by atoms with E-state index in [4.69, 9.17) is 0 Å². The number of aryl methyl sites for hydroxylation is 1. The van der Waals surface area contributed by atoms with Crippen LogP contribution in [0.25, 0.3) is 0 Å². The zero-order valence-electron chi connectivity index (χ0n) is 13.1. The Hall–Kier alpha value is -0.430. The molecular weight excluding hydrogens is 292 g/mol. The highest BCUT2D eigenvalue weighted by atomic mass is 32.2. The third-order valence-corrected chi connectivity index (χ3v) is 6.34. The van der Waals surface area contributed by atoms with E-state index in [0.717, 1.165) is 29.3 Å². The third-order valence-electron chi connectivity index (χ3n) is 3.18. The summed E-state index contributed by atoms with van der Waals surface area (Å²) in [7, 11) is -1.69. The van der Waals surface area contributed by atoms with E-state index in [-0.39, 0.29) is 0 Å². The largest absolute Gasteiger partial charge is 0.312 e. The summed E-state index contributed by atoms with van der Waals surface area (Å²) in [6, 6.07) is 1.81. The van der Waals surface area contributed by atoms with E-state index in [1.165, 1.54) is 4.31 Å². The van der Waals surface area contributed by atoms with Gasteiger partial charge in [0.2, 0.25) is 10.0 Å². The number of thiophene rings is 1. The van der Waals surface area contributed by atoms with Crippen LogP contribution >= 0.6 is 11.3 Å². The Bertz CT molecular complexity index is 521. The summed E-state index contributed by atoms with van der Waals surface area (Å²) in [5.74, 6) is 0.500. The second kappa shape index (κ2) is 7.54. The van der Waals surface area contributed by atoms with Crippen molar-refractivity contribution in [2.75, 3.05) is 20.1 Å². The number of nitrogens with zero attached hydrogens (tertiary/aromatic N) is 1. The summed E-state index contributed by atoms with van der Waals surface area (Å²) in [4.78, 5) is 2.40. The molecule has 20 heavy (non-hydrogen) atoms. The Labute approximate surface area is 127 Å². The molecule has 0 saturated heterocycles. The number of hydrogen-bond donors (Lipinski definition) is 1. The molecule has 116 valence electrons. The Morgan fingerprint density at radius 1 is 1.40 bits per heavy atom. The van der Waals surface area contributed by atoms with Crippen LogP contribution in [0.15, 0.2) is 11.0 Å². The lowest BCUT2D eigenvalue weighted by molar-refractivity contribution is 0.428. The molecule has 0 aromatic carbocycles. The first-order valence-electron chi connectivity index (χ1n) is 7.05. The fraction of sp³-hybridized carbons (Fsp3) is 0.714. The summed E-state index contributed by atoms with van der Waals surface area (Å²) in [5.41, 5.74) is 0. The van der Waals surface area contributed by atoms with Crippen molar-refractivity contribution < 1.29 is 8.42 Å². The van der Waals surface area contributed by atoms with Gasteiger partial charge in [-0.15, -0.1) is 11.3 Å². The average Bonchev–Trinajstić information content (AvgIpc) is 2.75. The molecule has 0 saturated carbocycles. The second-order valence-corrected chi connectivity index (χ2v) is 8.78. The molecular formula is C14H26N2O2S2. The van der Waals surface area contributed by atoms with Crippen LogP contribution in [0.3, 0.4) is 0 Å². The molecule has 0 spiro atoms. The first-order chi connectivity index (χ1) is 9.28. The standard InChI is InChI=1S/C14H26N2O2S2/c1-6-15-10-13-9-14(12(4)19-13)20(17,18)16(5)8-7-11(2)3/h9,11,15H,6-8,10H2,1-5H3. The van der Waals surface area contributed by atoms with Gasteiger partial charge in [-0.2, -0.15) is 0 Å². The molecule has 4 nitrogen and oxygen atoms in total. The number of nitrogens with one attached hydrogen (secondary N) is 1. The minimum Gasteiger partial charge on any atom is -0.312 e. The van der Waals surface area contributed by atoms with Gasteiger partial charge in [0.1, 0.15) is 0 Å². The van der Waals surface area contributed by atoms with E-state index in [9.17, 15) is 8.42 Å². The molecule has 1 aromatic rings. The van der Waals surface area contributed by atoms with Gasteiger partial charge in [-0.1, -0.05) is 20.8 Å². The summed E-state index contributed by atoms with van der Waals surface area (Å²) in [5, 5.41) is 3.23. The van der Waals surface area contributed by atoms with Gasteiger partial charge < -0.3 is 5.32 Å². The number of rotatable bonds is 8. The van der Waals surface area contributed by atoms with E-state index < -0.39 is 10.0 Å². The molecule has 0 atom stereocenters. The molecule has 0 fully saturated rings. The molecule has 0 unspecified atom stereocenters. The van der Waals surface area contributed by atoms with Crippen molar-refractivity contribution in [3.8, 4) is 0 Å². The fourth-order valence-electron chi connectivity index (χ4n) is 1.84. The van der Waals surface area contributed by atoms with Gasteiger partial charge in [-0.05, 0) is 31.9 Å². The van der Waals surface area contributed by atoms with Gasteiger partial charge in [-0.3, -0.25) is 0 Å². The first kappa shape index (κ1) is 17.6. The van der Waals surface area contributed by atoms with Gasteiger partial charge in [0.05, 0.1) is 4.90 Å². The Morgan fingerprint density at radius 2 is 2.05 bits per heavy atom. The predicted molar refractivity (Wildman–Crippen MR) is 85.7 cm³/mol. The highest BCUT2D eigenvalue weighted by Crippen LogP contribution is 2.28. The van der Waals surface area contributed by atoms with Crippen LogP contribution in [0, 0.1) is 12.8 Å². The molecule has 0 amide bonds. The predicted octanol–water partition coefficient (Wildman–Crippen LogP) is 2.83. The summed E-state index contributed by atoms with van der Waals surface area (Å²) >= 11 is 1.55. The normalized spacial score (nSPS) is 12.6. The lowest BCUT2D eigenvalue weighted by Gasteiger charge is -2.18. The lowest BCUT2D eigenvalue weighted by atomic mass is 10.1. The molecule has 1 aromatic heterocycles. The maximum absolute atomic E-state index is 12.6. The zero-order valence-corrected chi connectivity index (χ0v) is 14.7. The van der Waals surface area contributed by atoms with Crippen LogP contribution in [0.2, 0.25) is 0 Å². The minimum atomic E-state index is -3.35. The van der Waals surface area contributed by atoms with Crippen LogP contribution < -0.4 is 5.32 Å². The molecule has 1 heterocycles. The fourth-order valence-corrected chi connectivity index (χ4v) is 4.60. The zero-order chi connectivity index (χ0) is 15.3. The van der Waals surface area contributed by atoms with Crippen molar-refractivity contribution in [3.63, 3.8) is 0 Å². The van der Waals surface area contributed by atoms with Crippen molar-refractivity contribution in [2.24, 2.45) is 5.92 Å². The van der Waals surface area contributed by atoms with Crippen molar-refractivity contribution in [3.05, 3.63) is 15.8 Å². The Balaban J connectivity index is 2.88. The maximum Gasteiger partial charge on any atom is 0.243 e.